The van der Waals surface area contributed by atoms with Crippen LogP contribution in [0, 0.1) is 17.2 Å². The van der Waals surface area contributed by atoms with Crippen molar-refractivity contribution >= 4 is 15.6 Å². The molecule has 2 aliphatic heterocycles. The lowest BCUT2D eigenvalue weighted by Gasteiger charge is -2.38. The highest BCUT2D eigenvalue weighted by molar-refractivity contribution is 7.92. The Morgan fingerprint density at radius 2 is 1.91 bits per heavy atom. The highest BCUT2D eigenvalue weighted by Crippen LogP contribution is 2.39. The summed E-state index contributed by atoms with van der Waals surface area (Å²) in [6.45, 7) is 0. The van der Waals surface area contributed by atoms with Gasteiger partial charge in [0.05, 0.1) is 22.1 Å². The number of nitriles is 1. The number of nitrogens with zero attached hydrogens (tertiary/aromatic N) is 1. The molecule has 1 aromatic rings. The van der Waals surface area contributed by atoms with E-state index in [-0.39, 0.29) is 22.2 Å². The van der Waals surface area contributed by atoms with Gasteiger partial charge in [0.2, 0.25) is 0 Å². The second kappa shape index (κ2) is 5.85. The molecule has 0 aromatic heterocycles. The van der Waals surface area contributed by atoms with Gasteiger partial charge >= 0.3 is 0 Å². The van der Waals surface area contributed by atoms with E-state index in [9.17, 15) is 13.2 Å². The third-order valence-corrected chi connectivity index (χ3v) is 7.68. The first kappa shape index (κ1) is 15.2. The topological polar surface area (TPSA) is 75.0 Å². The molecule has 0 amide bonds. The SMILES string of the molecule is N#Cc1cccc(CC(=O)C2CC3CCCC(C2)S3(=O)=O)c1. The number of carbonyl (C=O) groups is 1. The van der Waals surface area contributed by atoms with Crippen LogP contribution in [0.3, 0.4) is 0 Å². The third-order valence-electron chi connectivity index (χ3n) is 4.97. The van der Waals surface area contributed by atoms with Gasteiger partial charge in [0.1, 0.15) is 5.78 Å². The van der Waals surface area contributed by atoms with Crippen LogP contribution in [0.5, 0.6) is 0 Å². The van der Waals surface area contributed by atoms with E-state index < -0.39 is 9.84 Å². The van der Waals surface area contributed by atoms with Gasteiger partial charge < -0.3 is 0 Å². The smallest absolute Gasteiger partial charge is 0.156 e. The Bertz CT molecular complexity index is 713. The first-order valence-corrected chi connectivity index (χ1v) is 9.36. The molecule has 22 heavy (non-hydrogen) atoms. The zero-order valence-electron chi connectivity index (χ0n) is 12.4. The molecule has 2 heterocycles. The van der Waals surface area contributed by atoms with Gasteiger partial charge in [0, 0.05) is 12.3 Å². The van der Waals surface area contributed by atoms with Crippen LogP contribution < -0.4 is 0 Å². The van der Waals surface area contributed by atoms with Gasteiger partial charge in [-0.15, -0.1) is 0 Å². The van der Waals surface area contributed by atoms with Crippen LogP contribution in [0.15, 0.2) is 24.3 Å². The zero-order chi connectivity index (χ0) is 15.7. The van der Waals surface area contributed by atoms with E-state index in [2.05, 4.69) is 6.07 Å². The molecule has 0 spiro atoms. The molecule has 2 aliphatic rings. The maximum atomic E-state index is 12.5. The number of ketones is 1. The van der Waals surface area contributed by atoms with E-state index in [0.717, 1.165) is 12.0 Å². The number of hydrogen-bond donors (Lipinski definition) is 0. The van der Waals surface area contributed by atoms with Crippen LogP contribution in [0.1, 0.15) is 43.2 Å². The lowest BCUT2D eigenvalue weighted by molar-refractivity contribution is -0.122. The van der Waals surface area contributed by atoms with Crippen LogP contribution in [-0.2, 0) is 21.1 Å². The molecule has 4 nitrogen and oxygen atoms in total. The van der Waals surface area contributed by atoms with Crippen LogP contribution in [0.25, 0.3) is 0 Å². The van der Waals surface area contributed by atoms with Crippen LogP contribution in [0.2, 0.25) is 0 Å². The van der Waals surface area contributed by atoms with Gasteiger partial charge in [0.25, 0.3) is 0 Å². The molecule has 2 atom stereocenters. The van der Waals surface area contributed by atoms with E-state index in [1.807, 2.05) is 6.07 Å². The molecule has 116 valence electrons. The summed E-state index contributed by atoms with van der Waals surface area (Å²) in [6.07, 6.45) is 3.61. The summed E-state index contributed by atoms with van der Waals surface area (Å²) in [5.74, 6) is -0.0357. The Kier molecular flexibility index (Phi) is 4.05. The van der Waals surface area contributed by atoms with Crippen molar-refractivity contribution < 1.29 is 13.2 Å². The Hall–Kier alpha value is -1.67. The minimum absolute atomic E-state index is 0.113. The zero-order valence-corrected chi connectivity index (χ0v) is 13.2. The summed E-state index contributed by atoms with van der Waals surface area (Å²) in [4.78, 5) is 12.5. The van der Waals surface area contributed by atoms with Crippen molar-refractivity contribution in [3.05, 3.63) is 35.4 Å². The summed E-state index contributed by atoms with van der Waals surface area (Å²) >= 11 is 0. The number of benzene rings is 1. The summed E-state index contributed by atoms with van der Waals surface area (Å²) in [5, 5.41) is 8.27. The highest BCUT2D eigenvalue weighted by Gasteiger charge is 2.45. The lowest BCUT2D eigenvalue weighted by atomic mass is 9.84. The van der Waals surface area contributed by atoms with Gasteiger partial charge in [-0.1, -0.05) is 18.6 Å². The molecular formula is C17H19NO3S. The Morgan fingerprint density at radius 1 is 1.23 bits per heavy atom. The van der Waals surface area contributed by atoms with Crippen LogP contribution in [0.4, 0.5) is 0 Å². The van der Waals surface area contributed by atoms with E-state index in [1.165, 1.54) is 0 Å². The Balaban J connectivity index is 1.72. The number of carbonyl (C=O) groups excluding carboxylic acids is 1. The molecule has 5 heteroatoms. The van der Waals surface area contributed by atoms with Crippen molar-refractivity contribution in [2.45, 2.75) is 49.0 Å². The molecule has 3 rings (SSSR count). The maximum Gasteiger partial charge on any atom is 0.156 e. The van der Waals surface area contributed by atoms with E-state index >= 15 is 0 Å². The minimum atomic E-state index is -3.01. The fourth-order valence-corrected chi connectivity index (χ4v) is 6.30. The molecule has 2 saturated heterocycles. The van der Waals surface area contributed by atoms with Crippen molar-refractivity contribution in [3.8, 4) is 6.07 Å². The number of Topliss-reactive ketones (excluding diaryl/α,β-unsaturated/α-hetero) is 1. The number of fused-ring (bicyclic) bond motifs is 2. The third kappa shape index (κ3) is 2.80. The Morgan fingerprint density at radius 3 is 2.55 bits per heavy atom. The predicted molar refractivity (Wildman–Crippen MR) is 82.9 cm³/mol. The molecule has 0 radical (unpaired) electrons. The minimum Gasteiger partial charge on any atom is -0.299 e. The van der Waals surface area contributed by atoms with Crippen molar-refractivity contribution in [1.29, 1.82) is 5.26 Å². The standard InChI is InChI=1S/C17H19NO3S/c18-11-13-4-1-3-12(7-13)8-17(19)14-9-15-5-2-6-16(10-14)22(15,20)21/h1,3-4,7,14-16H,2,5-6,8-10H2. The van der Waals surface area contributed by atoms with Crippen LogP contribution >= 0.6 is 0 Å². The van der Waals surface area contributed by atoms with Gasteiger partial charge in [-0.2, -0.15) is 5.26 Å². The monoisotopic (exact) mass is 317 g/mol. The largest absolute Gasteiger partial charge is 0.299 e. The fourth-order valence-electron chi connectivity index (χ4n) is 3.77. The average molecular weight is 317 g/mol. The molecule has 0 N–H and O–H groups in total. The first-order chi connectivity index (χ1) is 10.5. The van der Waals surface area contributed by atoms with E-state index in [4.69, 9.17) is 5.26 Å². The Labute approximate surface area is 131 Å². The van der Waals surface area contributed by atoms with Gasteiger partial charge in [-0.25, -0.2) is 8.42 Å². The molecular weight excluding hydrogens is 298 g/mol. The van der Waals surface area contributed by atoms with Crippen LogP contribution in [-0.4, -0.2) is 24.7 Å². The van der Waals surface area contributed by atoms with Crippen molar-refractivity contribution in [2.75, 3.05) is 0 Å². The molecule has 1 aromatic carbocycles. The summed E-state index contributed by atoms with van der Waals surface area (Å²) < 4.78 is 24.5. The maximum absolute atomic E-state index is 12.5. The van der Waals surface area contributed by atoms with Crippen molar-refractivity contribution in [2.24, 2.45) is 5.92 Å². The highest BCUT2D eigenvalue weighted by atomic mass is 32.2. The molecule has 2 fully saturated rings. The second-order valence-electron chi connectivity index (χ2n) is 6.39. The van der Waals surface area contributed by atoms with Gasteiger partial charge in [-0.3, -0.25) is 4.79 Å². The normalized spacial score (nSPS) is 29.5. The second-order valence-corrected chi connectivity index (χ2v) is 8.90. The van der Waals surface area contributed by atoms with E-state index in [0.29, 0.717) is 37.7 Å². The van der Waals surface area contributed by atoms with Gasteiger partial charge in [0.15, 0.2) is 9.84 Å². The quantitative estimate of drug-likeness (QED) is 0.858. The first-order valence-electron chi connectivity index (χ1n) is 7.75. The summed E-state index contributed by atoms with van der Waals surface area (Å²) in [6, 6.07) is 9.15. The lowest BCUT2D eigenvalue weighted by Crippen LogP contribution is -2.45. The molecule has 0 saturated carbocycles. The van der Waals surface area contributed by atoms with E-state index in [1.54, 1.807) is 18.2 Å². The molecule has 2 bridgehead atoms. The number of rotatable bonds is 3. The summed E-state index contributed by atoms with van der Waals surface area (Å²) in [7, 11) is -3.01. The predicted octanol–water partition coefficient (Wildman–Crippen LogP) is 2.42. The molecule has 0 aliphatic carbocycles. The average Bonchev–Trinajstić information content (AvgIpc) is 2.46. The van der Waals surface area contributed by atoms with Crippen molar-refractivity contribution in [3.63, 3.8) is 0 Å². The fraction of sp³-hybridized carbons (Fsp3) is 0.529. The summed E-state index contributed by atoms with van der Waals surface area (Å²) in [5.41, 5.74) is 1.39. The molecule has 2 unspecified atom stereocenters. The number of hydrogen-bond acceptors (Lipinski definition) is 4. The number of sulfone groups is 1. The van der Waals surface area contributed by atoms with Gasteiger partial charge in [-0.05, 0) is 43.4 Å². The van der Waals surface area contributed by atoms with Crippen molar-refractivity contribution in [1.82, 2.24) is 0 Å².